The van der Waals surface area contributed by atoms with Gasteiger partial charge >= 0.3 is 5.97 Å². The molecule has 2 fully saturated rings. The maximum Gasteiger partial charge on any atom is 0.307 e. The molecule has 0 aromatic rings. The topological polar surface area (TPSA) is 73.4 Å². The smallest absolute Gasteiger partial charge is 0.307 e. The summed E-state index contributed by atoms with van der Waals surface area (Å²) >= 11 is 0. The summed E-state index contributed by atoms with van der Waals surface area (Å²) in [5, 5.41) is 0. The monoisotopic (exact) mass is 547 g/mol. The third-order valence-electron chi connectivity index (χ3n) is 5.97. The zero-order valence-electron chi connectivity index (χ0n) is 27.7. The Labute approximate surface area is 237 Å². The highest BCUT2D eigenvalue weighted by Crippen LogP contribution is 2.12. The number of hydrogen-bond acceptors (Lipinski definition) is 6. The number of esters is 1. The number of amides is 2. The predicted octanol–water partition coefficient (Wildman–Crippen LogP) is 5.55. The highest BCUT2D eigenvalue weighted by atomic mass is 16.5. The molecule has 2 amide bonds. The fraction of sp³-hybridized carbons (Fsp3) is 0.900. The highest BCUT2D eigenvalue weighted by Gasteiger charge is 2.22. The van der Waals surface area contributed by atoms with Crippen LogP contribution in [0.1, 0.15) is 109 Å². The van der Waals surface area contributed by atoms with Gasteiger partial charge < -0.3 is 14.5 Å². The van der Waals surface area contributed by atoms with E-state index < -0.39 is 0 Å². The van der Waals surface area contributed by atoms with Gasteiger partial charge in [-0.15, -0.1) is 0 Å². The maximum atomic E-state index is 11.1. The number of piperazine rings is 2. The molecule has 0 unspecified atom stereocenters. The van der Waals surface area contributed by atoms with Crippen LogP contribution in [0.15, 0.2) is 0 Å². The lowest BCUT2D eigenvalue weighted by atomic mass is 10.1. The van der Waals surface area contributed by atoms with Crippen LogP contribution in [0.3, 0.4) is 0 Å². The first kappa shape index (κ1) is 43.4. The number of rotatable bonds is 7. The normalized spacial score (nSPS) is 14.9. The highest BCUT2D eigenvalue weighted by molar-refractivity contribution is 5.73. The minimum Gasteiger partial charge on any atom is -0.466 e. The second-order valence-electron chi connectivity index (χ2n) is 7.92. The van der Waals surface area contributed by atoms with Crippen molar-refractivity contribution in [1.82, 2.24) is 19.6 Å². The van der Waals surface area contributed by atoms with Crippen molar-refractivity contribution in [2.24, 2.45) is 0 Å². The van der Waals surface area contributed by atoms with E-state index in [1.807, 2.05) is 72.1 Å². The molecule has 8 nitrogen and oxygen atoms in total. The molecule has 2 heterocycles. The summed E-state index contributed by atoms with van der Waals surface area (Å²) in [4.78, 5) is 41.8. The van der Waals surface area contributed by atoms with Crippen molar-refractivity contribution in [1.29, 1.82) is 0 Å². The zero-order valence-corrected chi connectivity index (χ0v) is 27.7. The molecule has 8 heteroatoms. The van der Waals surface area contributed by atoms with E-state index in [0.29, 0.717) is 19.1 Å². The Hall–Kier alpha value is -1.67. The van der Waals surface area contributed by atoms with Crippen LogP contribution in [-0.4, -0.2) is 109 Å². The Bertz CT molecular complexity index is 526. The van der Waals surface area contributed by atoms with Crippen molar-refractivity contribution in [3.8, 4) is 0 Å². The Morgan fingerprint density at radius 2 is 1.00 bits per heavy atom. The lowest BCUT2D eigenvalue weighted by molar-refractivity contribution is -0.144. The number of nitrogens with zero attached hydrogens (tertiary/aromatic N) is 4. The van der Waals surface area contributed by atoms with E-state index in [0.717, 1.165) is 58.9 Å². The molecule has 2 rings (SSSR count). The van der Waals surface area contributed by atoms with E-state index in [2.05, 4.69) is 23.6 Å². The van der Waals surface area contributed by atoms with Gasteiger partial charge in [0.15, 0.2) is 0 Å². The number of ether oxygens (including phenoxy) is 1. The van der Waals surface area contributed by atoms with Crippen LogP contribution < -0.4 is 0 Å². The van der Waals surface area contributed by atoms with Crippen molar-refractivity contribution in [2.45, 2.75) is 115 Å². The van der Waals surface area contributed by atoms with Crippen LogP contribution in [0.5, 0.6) is 0 Å². The molecule has 2 aliphatic heterocycles. The Kier molecular flexibility index (Phi) is 36.0. The second kappa shape index (κ2) is 31.5. The first-order valence-corrected chi connectivity index (χ1v) is 15.4. The van der Waals surface area contributed by atoms with Gasteiger partial charge in [-0.25, -0.2) is 0 Å². The molecule has 0 aliphatic carbocycles. The molecule has 38 heavy (non-hydrogen) atoms. The summed E-state index contributed by atoms with van der Waals surface area (Å²) in [6, 6.07) is 0.712. The van der Waals surface area contributed by atoms with E-state index in [9.17, 15) is 14.4 Å². The largest absolute Gasteiger partial charge is 0.466 e. The maximum absolute atomic E-state index is 11.1. The van der Waals surface area contributed by atoms with E-state index in [1.165, 1.54) is 12.8 Å². The second-order valence-corrected chi connectivity index (χ2v) is 7.92. The molecule has 0 N–H and O–H groups in total. The van der Waals surface area contributed by atoms with Crippen LogP contribution in [-0.2, 0) is 19.1 Å². The number of carbonyl (C=O) groups excluding carboxylic acids is 3. The van der Waals surface area contributed by atoms with Crippen molar-refractivity contribution in [3.05, 3.63) is 0 Å². The van der Waals surface area contributed by atoms with Gasteiger partial charge in [0, 0.05) is 78.8 Å². The lowest BCUT2D eigenvalue weighted by Crippen LogP contribution is -2.51. The van der Waals surface area contributed by atoms with Gasteiger partial charge in [0.25, 0.3) is 0 Å². The van der Waals surface area contributed by atoms with Crippen LogP contribution in [0, 0.1) is 0 Å². The molecule has 0 atom stereocenters. The lowest BCUT2D eigenvalue weighted by Gasteiger charge is -2.38. The van der Waals surface area contributed by atoms with E-state index in [-0.39, 0.29) is 17.8 Å². The first-order chi connectivity index (χ1) is 18.3. The van der Waals surface area contributed by atoms with Gasteiger partial charge in [-0.3, -0.25) is 24.2 Å². The third kappa shape index (κ3) is 21.3. The molecule has 230 valence electrons. The zero-order chi connectivity index (χ0) is 30.5. The third-order valence-corrected chi connectivity index (χ3v) is 5.97. The Morgan fingerprint density at radius 1 is 0.632 bits per heavy atom. The van der Waals surface area contributed by atoms with Crippen LogP contribution in [0.2, 0.25) is 0 Å². The van der Waals surface area contributed by atoms with Crippen molar-refractivity contribution in [3.63, 3.8) is 0 Å². The van der Waals surface area contributed by atoms with Crippen LogP contribution in [0.25, 0.3) is 0 Å². The van der Waals surface area contributed by atoms with Crippen LogP contribution in [0.4, 0.5) is 0 Å². The summed E-state index contributed by atoms with van der Waals surface area (Å²) < 4.78 is 4.86. The SMILES string of the molecule is CC.CC.CC.CC.CCC(CC)N1CCN(C(C)=O)CC1.CCOC(=O)CCN1CCN(C(C)=O)CC1. The van der Waals surface area contributed by atoms with Crippen molar-refractivity contribution >= 4 is 17.8 Å². The molecule has 0 radical (unpaired) electrons. The summed E-state index contributed by atoms with van der Waals surface area (Å²) in [6.07, 6.45) is 2.88. The molecule has 0 bridgehead atoms. The molecular formula is C30H66N4O4. The van der Waals surface area contributed by atoms with Crippen LogP contribution >= 0.6 is 0 Å². The standard InChI is InChI=1S/C11H20N2O3.C11H22N2O.4C2H6/c1-3-16-11(15)4-5-12-6-8-13(9-7-12)10(2)14;1-4-11(5-2)13-8-6-12(7-9-13)10(3)14;4*1-2/h3-9H2,1-2H3;11H,4-9H2,1-3H3;4*1-2H3. The predicted molar refractivity (Wildman–Crippen MR) is 164 cm³/mol. The molecule has 0 saturated carbocycles. The quantitative estimate of drug-likeness (QED) is 0.390. The van der Waals surface area contributed by atoms with Crippen molar-refractivity contribution in [2.75, 3.05) is 65.5 Å². The fourth-order valence-electron chi connectivity index (χ4n) is 3.98. The molecular weight excluding hydrogens is 480 g/mol. The number of carbonyl (C=O) groups is 3. The Balaban J connectivity index is -0.000000242. The van der Waals surface area contributed by atoms with Gasteiger partial charge in [0.2, 0.25) is 11.8 Å². The first-order valence-electron chi connectivity index (χ1n) is 15.4. The minimum absolute atomic E-state index is 0.130. The Morgan fingerprint density at radius 3 is 1.32 bits per heavy atom. The average molecular weight is 547 g/mol. The van der Waals surface area contributed by atoms with Gasteiger partial charge in [0.1, 0.15) is 0 Å². The van der Waals surface area contributed by atoms with Crippen molar-refractivity contribution < 1.29 is 19.1 Å². The van der Waals surface area contributed by atoms with Gasteiger partial charge in [-0.2, -0.15) is 0 Å². The minimum atomic E-state index is -0.142. The molecule has 0 aromatic heterocycles. The summed E-state index contributed by atoms with van der Waals surface area (Å²) in [5.74, 6) is 0.204. The van der Waals surface area contributed by atoms with E-state index in [1.54, 1.807) is 13.8 Å². The molecule has 0 aromatic carbocycles. The average Bonchev–Trinajstić information content (AvgIpc) is 2.98. The van der Waals surface area contributed by atoms with E-state index >= 15 is 0 Å². The number of hydrogen-bond donors (Lipinski definition) is 0. The summed E-state index contributed by atoms with van der Waals surface area (Å²) in [6.45, 7) is 33.8. The van der Waals surface area contributed by atoms with Gasteiger partial charge in [-0.1, -0.05) is 69.2 Å². The summed E-state index contributed by atoms with van der Waals surface area (Å²) in [5.41, 5.74) is 0. The summed E-state index contributed by atoms with van der Waals surface area (Å²) in [7, 11) is 0. The molecule has 2 saturated heterocycles. The van der Waals surface area contributed by atoms with E-state index in [4.69, 9.17) is 4.74 Å². The fourth-order valence-corrected chi connectivity index (χ4v) is 3.98. The van der Waals surface area contributed by atoms with Gasteiger partial charge in [-0.05, 0) is 19.8 Å². The molecule has 2 aliphatic rings. The molecule has 0 spiro atoms. The van der Waals surface area contributed by atoms with Gasteiger partial charge in [0.05, 0.1) is 13.0 Å².